The van der Waals surface area contributed by atoms with Crippen molar-refractivity contribution in [2.45, 2.75) is 38.6 Å². The van der Waals surface area contributed by atoms with Gasteiger partial charge in [0.15, 0.2) is 5.13 Å². The minimum atomic E-state index is -0.471. The highest BCUT2D eigenvalue weighted by Gasteiger charge is 2.36. The topological polar surface area (TPSA) is 62.3 Å². The normalized spacial score (nSPS) is 20.7. The van der Waals surface area contributed by atoms with Gasteiger partial charge in [0.25, 0.3) is 5.91 Å². The molecule has 0 aliphatic carbocycles. The van der Waals surface area contributed by atoms with Crippen molar-refractivity contribution < 1.29 is 9.59 Å². The lowest BCUT2D eigenvalue weighted by Gasteiger charge is -2.14. The van der Waals surface area contributed by atoms with Gasteiger partial charge >= 0.3 is 0 Å². The van der Waals surface area contributed by atoms with E-state index in [2.05, 4.69) is 31.1 Å². The molecule has 5 nitrogen and oxygen atoms in total. The standard InChI is InChI=1S/C12H17N3O2S/c1-12(2,3)8-6-18-11(14-8)13-7-5-9(16)15(4)10(7)17/h6-7H,5H2,1-4H3,(H,13,14). The average molecular weight is 267 g/mol. The fraction of sp³-hybridized carbons (Fsp3) is 0.583. The number of carbonyl (C=O) groups excluding carboxylic acids is 2. The Morgan fingerprint density at radius 3 is 2.56 bits per heavy atom. The van der Waals surface area contributed by atoms with Crippen LogP contribution >= 0.6 is 11.3 Å². The van der Waals surface area contributed by atoms with Gasteiger partial charge in [0, 0.05) is 17.8 Å². The van der Waals surface area contributed by atoms with E-state index in [1.807, 2.05) is 5.38 Å². The van der Waals surface area contributed by atoms with Crippen LogP contribution in [0.25, 0.3) is 0 Å². The Bertz CT molecular complexity index is 490. The second-order valence-corrected chi connectivity index (χ2v) is 6.34. The molecule has 2 heterocycles. The smallest absolute Gasteiger partial charge is 0.251 e. The third-order valence-electron chi connectivity index (χ3n) is 2.95. The molecule has 0 spiro atoms. The summed E-state index contributed by atoms with van der Waals surface area (Å²) in [5, 5.41) is 5.71. The summed E-state index contributed by atoms with van der Waals surface area (Å²) < 4.78 is 0. The minimum absolute atomic E-state index is 0.0112. The van der Waals surface area contributed by atoms with Gasteiger partial charge in [-0.2, -0.15) is 0 Å². The van der Waals surface area contributed by atoms with Crippen molar-refractivity contribution in [2.75, 3.05) is 12.4 Å². The maximum Gasteiger partial charge on any atom is 0.251 e. The highest BCUT2D eigenvalue weighted by Crippen LogP contribution is 2.27. The van der Waals surface area contributed by atoms with Crippen LogP contribution in [0, 0.1) is 0 Å². The van der Waals surface area contributed by atoms with E-state index in [1.165, 1.54) is 18.4 Å². The fourth-order valence-electron chi connectivity index (χ4n) is 1.70. The molecule has 2 rings (SSSR count). The summed E-state index contributed by atoms with van der Waals surface area (Å²) in [6.07, 6.45) is 0.208. The third kappa shape index (κ3) is 2.38. The van der Waals surface area contributed by atoms with E-state index in [4.69, 9.17) is 0 Å². The van der Waals surface area contributed by atoms with E-state index in [-0.39, 0.29) is 23.7 Å². The van der Waals surface area contributed by atoms with Gasteiger partial charge in [-0.15, -0.1) is 11.3 Å². The van der Waals surface area contributed by atoms with Crippen LogP contribution in [0.3, 0.4) is 0 Å². The summed E-state index contributed by atoms with van der Waals surface area (Å²) >= 11 is 1.46. The first-order chi connectivity index (χ1) is 8.29. The Labute approximate surface area is 110 Å². The number of nitrogens with one attached hydrogen (secondary N) is 1. The van der Waals surface area contributed by atoms with Crippen molar-refractivity contribution >= 4 is 28.3 Å². The molecule has 1 aromatic rings. The van der Waals surface area contributed by atoms with Crippen LogP contribution in [0.1, 0.15) is 32.9 Å². The number of aromatic nitrogens is 1. The van der Waals surface area contributed by atoms with Gasteiger partial charge in [-0.05, 0) is 0 Å². The van der Waals surface area contributed by atoms with Gasteiger partial charge in [0.2, 0.25) is 5.91 Å². The van der Waals surface area contributed by atoms with Gasteiger partial charge in [-0.3, -0.25) is 14.5 Å². The van der Waals surface area contributed by atoms with E-state index in [0.29, 0.717) is 5.13 Å². The van der Waals surface area contributed by atoms with Gasteiger partial charge < -0.3 is 5.32 Å². The number of carbonyl (C=O) groups is 2. The van der Waals surface area contributed by atoms with Crippen LogP contribution in [0.5, 0.6) is 0 Å². The second kappa shape index (κ2) is 4.35. The first-order valence-electron chi connectivity index (χ1n) is 5.82. The lowest BCUT2D eigenvalue weighted by molar-refractivity contribution is -0.136. The zero-order valence-electron chi connectivity index (χ0n) is 11.0. The Kier molecular flexibility index (Phi) is 3.14. The van der Waals surface area contributed by atoms with E-state index in [1.54, 1.807) is 0 Å². The van der Waals surface area contributed by atoms with Crippen molar-refractivity contribution in [1.82, 2.24) is 9.88 Å². The van der Waals surface area contributed by atoms with Crippen LogP contribution < -0.4 is 5.32 Å². The van der Waals surface area contributed by atoms with Gasteiger partial charge in [0.1, 0.15) is 6.04 Å². The lowest BCUT2D eigenvalue weighted by atomic mass is 9.93. The molecular formula is C12H17N3O2S. The van der Waals surface area contributed by atoms with Crippen LogP contribution in [0.2, 0.25) is 0 Å². The molecule has 0 aromatic carbocycles. The number of hydrogen-bond acceptors (Lipinski definition) is 5. The summed E-state index contributed by atoms with van der Waals surface area (Å²) in [6, 6.07) is -0.471. The number of anilines is 1. The molecule has 1 atom stereocenters. The molecule has 2 amide bonds. The van der Waals surface area contributed by atoms with Crippen molar-refractivity contribution in [1.29, 1.82) is 0 Å². The molecule has 0 saturated carbocycles. The number of likely N-dealkylation sites (tertiary alicyclic amines) is 1. The molecular weight excluding hydrogens is 250 g/mol. The number of likely N-dealkylation sites (N-methyl/N-ethyl adjacent to an activating group) is 1. The molecule has 98 valence electrons. The maximum atomic E-state index is 11.7. The quantitative estimate of drug-likeness (QED) is 0.827. The molecule has 0 bridgehead atoms. The zero-order valence-corrected chi connectivity index (χ0v) is 11.8. The van der Waals surface area contributed by atoms with Crippen LogP contribution in [0.4, 0.5) is 5.13 Å². The summed E-state index contributed by atoms with van der Waals surface area (Å²) in [7, 11) is 1.51. The summed E-state index contributed by atoms with van der Waals surface area (Å²) in [4.78, 5) is 28.8. The van der Waals surface area contributed by atoms with Crippen LogP contribution in [-0.4, -0.2) is 34.8 Å². The van der Waals surface area contributed by atoms with Crippen LogP contribution in [0.15, 0.2) is 5.38 Å². The molecule has 0 radical (unpaired) electrons. The van der Waals surface area contributed by atoms with Gasteiger partial charge in [-0.1, -0.05) is 20.8 Å². The molecule has 1 saturated heterocycles. The van der Waals surface area contributed by atoms with Crippen molar-refractivity contribution in [3.63, 3.8) is 0 Å². The third-order valence-corrected chi connectivity index (χ3v) is 3.73. The van der Waals surface area contributed by atoms with E-state index in [0.717, 1.165) is 10.6 Å². The predicted octanol–water partition coefficient (Wildman–Crippen LogP) is 1.61. The van der Waals surface area contributed by atoms with E-state index < -0.39 is 6.04 Å². The molecule has 6 heteroatoms. The molecule has 1 aromatic heterocycles. The Balaban J connectivity index is 2.09. The summed E-state index contributed by atoms with van der Waals surface area (Å²) in [5.41, 5.74) is 0.975. The lowest BCUT2D eigenvalue weighted by Crippen LogP contribution is -2.31. The number of hydrogen-bond donors (Lipinski definition) is 1. The Hall–Kier alpha value is -1.43. The summed E-state index contributed by atoms with van der Waals surface area (Å²) in [6.45, 7) is 6.26. The molecule has 1 N–H and O–H groups in total. The summed E-state index contributed by atoms with van der Waals surface area (Å²) in [5.74, 6) is -0.336. The van der Waals surface area contributed by atoms with Crippen LogP contribution in [-0.2, 0) is 15.0 Å². The molecule has 1 aliphatic rings. The van der Waals surface area contributed by atoms with Crippen molar-refractivity contribution in [2.24, 2.45) is 0 Å². The first kappa shape index (κ1) is 13.0. The molecule has 1 fully saturated rings. The molecule has 1 unspecified atom stereocenters. The highest BCUT2D eigenvalue weighted by molar-refractivity contribution is 7.13. The average Bonchev–Trinajstić information content (AvgIpc) is 2.81. The first-order valence-corrected chi connectivity index (χ1v) is 6.70. The zero-order chi connectivity index (χ0) is 13.5. The predicted molar refractivity (Wildman–Crippen MR) is 70.6 cm³/mol. The number of nitrogens with zero attached hydrogens (tertiary/aromatic N) is 2. The van der Waals surface area contributed by atoms with E-state index >= 15 is 0 Å². The molecule has 1 aliphatic heterocycles. The highest BCUT2D eigenvalue weighted by atomic mass is 32.1. The minimum Gasteiger partial charge on any atom is -0.349 e. The van der Waals surface area contributed by atoms with Gasteiger partial charge in [0.05, 0.1) is 12.1 Å². The van der Waals surface area contributed by atoms with Gasteiger partial charge in [-0.25, -0.2) is 4.98 Å². The van der Waals surface area contributed by atoms with Crippen molar-refractivity contribution in [3.05, 3.63) is 11.1 Å². The largest absolute Gasteiger partial charge is 0.349 e. The SMILES string of the molecule is CN1C(=O)CC(Nc2nc(C(C)(C)C)cs2)C1=O. The Morgan fingerprint density at radius 1 is 1.44 bits per heavy atom. The second-order valence-electron chi connectivity index (χ2n) is 5.48. The number of rotatable bonds is 2. The molecule has 18 heavy (non-hydrogen) atoms. The van der Waals surface area contributed by atoms with E-state index in [9.17, 15) is 9.59 Å². The number of amides is 2. The maximum absolute atomic E-state index is 11.7. The number of imide groups is 1. The van der Waals surface area contributed by atoms with Crippen molar-refractivity contribution in [3.8, 4) is 0 Å². The Morgan fingerprint density at radius 2 is 2.11 bits per heavy atom. The number of thiazole rings is 1. The fourth-order valence-corrected chi connectivity index (χ4v) is 2.69. The monoisotopic (exact) mass is 267 g/mol.